The molecule has 1 fully saturated rings. The molecule has 1 aromatic heterocycles. The minimum absolute atomic E-state index is 0.270. The summed E-state index contributed by atoms with van der Waals surface area (Å²) in [5.41, 5.74) is 1.98. The standard InChI is InChI=1S/C18H25N3O2/c1-14-10-20(8-9-21(14)11-15(2)22)12-17-13-23-18(19-17)16-6-4-3-5-7-16/h3-7,13-15,22H,8-12H2,1-2H3/t14-,15-/m0/s1. The van der Waals surface area contributed by atoms with Crippen LogP contribution in [0.5, 0.6) is 0 Å². The predicted octanol–water partition coefficient (Wildman–Crippen LogP) is 2.23. The summed E-state index contributed by atoms with van der Waals surface area (Å²) in [5.74, 6) is 0.682. The summed E-state index contributed by atoms with van der Waals surface area (Å²) in [6.07, 6.45) is 1.49. The molecule has 0 saturated carbocycles. The fraction of sp³-hybridized carbons (Fsp3) is 0.500. The van der Waals surface area contributed by atoms with Crippen LogP contribution in [0.15, 0.2) is 41.0 Å². The summed E-state index contributed by atoms with van der Waals surface area (Å²) in [6.45, 7) is 8.58. The van der Waals surface area contributed by atoms with Crippen molar-refractivity contribution in [2.24, 2.45) is 0 Å². The van der Waals surface area contributed by atoms with Crippen LogP contribution >= 0.6 is 0 Å². The molecule has 2 heterocycles. The Morgan fingerprint density at radius 2 is 2.09 bits per heavy atom. The van der Waals surface area contributed by atoms with E-state index in [1.165, 1.54) is 0 Å². The fourth-order valence-corrected chi connectivity index (χ4v) is 3.15. The highest BCUT2D eigenvalue weighted by molar-refractivity contribution is 5.52. The molecule has 124 valence electrons. The van der Waals surface area contributed by atoms with Crippen LogP contribution in [0.1, 0.15) is 19.5 Å². The van der Waals surface area contributed by atoms with Crippen LogP contribution in [0.3, 0.4) is 0 Å². The highest BCUT2D eigenvalue weighted by atomic mass is 16.3. The Hall–Kier alpha value is -1.69. The Balaban J connectivity index is 1.58. The lowest BCUT2D eigenvalue weighted by atomic mass is 10.1. The number of nitrogens with zero attached hydrogens (tertiary/aromatic N) is 3. The summed E-state index contributed by atoms with van der Waals surface area (Å²) >= 11 is 0. The number of hydrogen-bond acceptors (Lipinski definition) is 5. The van der Waals surface area contributed by atoms with Crippen LogP contribution in [0, 0.1) is 0 Å². The lowest BCUT2D eigenvalue weighted by Gasteiger charge is -2.40. The van der Waals surface area contributed by atoms with Gasteiger partial charge in [-0.05, 0) is 26.0 Å². The van der Waals surface area contributed by atoms with E-state index in [0.29, 0.717) is 11.9 Å². The molecule has 0 unspecified atom stereocenters. The number of aromatic nitrogens is 1. The first-order chi connectivity index (χ1) is 11.1. The second-order valence-electron chi connectivity index (χ2n) is 6.44. The molecule has 1 N–H and O–H groups in total. The fourth-order valence-electron chi connectivity index (χ4n) is 3.15. The van der Waals surface area contributed by atoms with E-state index in [4.69, 9.17) is 4.42 Å². The molecular formula is C18H25N3O2. The van der Waals surface area contributed by atoms with Gasteiger partial charge >= 0.3 is 0 Å². The number of benzene rings is 1. The number of piperazine rings is 1. The van der Waals surface area contributed by atoms with Crippen molar-refractivity contribution in [3.05, 3.63) is 42.3 Å². The molecule has 5 nitrogen and oxygen atoms in total. The molecule has 23 heavy (non-hydrogen) atoms. The average molecular weight is 315 g/mol. The Bertz CT molecular complexity index is 612. The molecule has 2 atom stereocenters. The molecule has 0 radical (unpaired) electrons. The number of β-amino-alcohol motifs (C(OH)–C–C–N with tert-alkyl or cyclic N) is 1. The van der Waals surface area contributed by atoms with Gasteiger partial charge < -0.3 is 9.52 Å². The molecule has 1 aliphatic heterocycles. The van der Waals surface area contributed by atoms with E-state index >= 15 is 0 Å². The maximum Gasteiger partial charge on any atom is 0.226 e. The van der Waals surface area contributed by atoms with E-state index in [0.717, 1.165) is 44.0 Å². The van der Waals surface area contributed by atoms with Crippen molar-refractivity contribution in [2.75, 3.05) is 26.2 Å². The molecular weight excluding hydrogens is 290 g/mol. The van der Waals surface area contributed by atoms with Gasteiger partial charge in [-0.3, -0.25) is 9.80 Å². The SMILES string of the molecule is C[C@H](O)CN1CCN(Cc2coc(-c3ccccc3)n2)C[C@@H]1C. The zero-order chi connectivity index (χ0) is 16.2. The molecule has 0 bridgehead atoms. The van der Waals surface area contributed by atoms with E-state index in [9.17, 15) is 5.11 Å². The summed E-state index contributed by atoms with van der Waals surface area (Å²) in [6, 6.07) is 10.4. The van der Waals surface area contributed by atoms with Crippen LogP contribution in [0.25, 0.3) is 11.5 Å². The second kappa shape index (κ2) is 7.25. The third-order valence-electron chi connectivity index (χ3n) is 4.31. The number of hydrogen-bond donors (Lipinski definition) is 1. The molecule has 0 spiro atoms. The molecule has 1 aromatic carbocycles. The largest absolute Gasteiger partial charge is 0.444 e. The van der Waals surface area contributed by atoms with E-state index in [1.54, 1.807) is 6.26 Å². The van der Waals surface area contributed by atoms with Crippen LogP contribution in [0.4, 0.5) is 0 Å². The lowest BCUT2D eigenvalue weighted by Crippen LogP contribution is -2.53. The van der Waals surface area contributed by atoms with E-state index in [-0.39, 0.29) is 6.10 Å². The first-order valence-electron chi connectivity index (χ1n) is 8.26. The van der Waals surface area contributed by atoms with Crippen molar-refractivity contribution in [1.82, 2.24) is 14.8 Å². The first-order valence-corrected chi connectivity index (χ1v) is 8.26. The van der Waals surface area contributed by atoms with Crippen LogP contribution in [-0.4, -0.2) is 58.2 Å². The van der Waals surface area contributed by atoms with Crippen LogP contribution in [0.2, 0.25) is 0 Å². The van der Waals surface area contributed by atoms with Gasteiger partial charge in [0.25, 0.3) is 0 Å². The van der Waals surface area contributed by atoms with Gasteiger partial charge in [0.2, 0.25) is 5.89 Å². The summed E-state index contributed by atoms with van der Waals surface area (Å²) in [7, 11) is 0. The van der Waals surface area contributed by atoms with Crippen molar-refractivity contribution >= 4 is 0 Å². The Morgan fingerprint density at radius 1 is 1.30 bits per heavy atom. The number of aliphatic hydroxyl groups excluding tert-OH is 1. The average Bonchev–Trinajstić information content (AvgIpc) is 2.99. The minimum atomic E-state index is -0.270. The van der Waals surface area contributed by atoms with E-state index in [2.05, 4.69) is 21.7 Å². The van der Waals surface area contributed by atoms with Gasteiger partial charge in [0.15, 0.2) is 0 Å². The first kappa shape index (κ1) is 16.2. The molecule has 0 aliphatic carbocycles. The van der Waals surface area contributed by atoms with Gasteiger partial charge in [0.1, 0.15) is 6.26 Å². The second-order valence-corrected chi connectivity index (χ2v) is 6.44. The maximum atomic E-state index is 9.56. The van der Waals surface area contributed by atoms with Crippen molar-refractivity contribution in [1.29, 1.82) is 0 Å². The third-order valence-corrected chi connectivity index (χ3v) is 4.31. The molecule has 2 aromatic rings. The summed E-state index contributed by atoms with van der Waals surface area (Å²) in [5, 5.41) is 9.56. The Labute approximate surface area is 137 Å². The van der Waals surface area contributed by atoms with Gasteiger partial charge in [0.05, 0.1) is 11.8 Å². The van der Waals surface area contributed by atoms with Crippen LogP contribution in [-0.2, 0) is 6.54 Å². The molecule has 3 rings (SSSR count). The maximum absolute atomic E-state index is 9.56. The van der Waals surface area contributed by atoms with Crippen molar-refractivity contribution < 1.29 is 9.52 Å². The molecule has 5 heteroatoms. The van der Waals surface area contributed by atoms with E-state index in [1.807, 2.05) is 37.3 Å². The zero-order valence-electron chi connectivity index (χ0n) is 13.9. The molecule has 1 aliphatic rings. The summed E-state index contributed by atoms with van der Waals surface area (Å²) in [4.78, 5) is 9.35. The van der Waals surface area contributed by atoms with Gasteiger partial charge in [-0.15, -0.1) is 0 Å². The lowest BCUT2D eigenvalue weighted by molar-refractivity contribution is 0.0418. The smallest absolute Gasteiger partial charge is 0.226 e. The van der Waals surface area contributed by atoms with Crippen LogP contribution < -0.4 is 0 Å². The van der Waals surface area contributed by atoms with Crippen molar-refractivity contribution in [3.63, 3.8) is 0 Å². The number of oxazole rings is 1. The normalized spacial score (nSPS) is 21.4. The van der Waals surface area contributed by atoms with Crippen molar-refractivity contribution in [3.8, 4) is 11.5 Å². The summed E-state index contributed by atoms with van der Waals surface area (Å²) < 4.78 is 5.61. The Kier molecular flexibility index (Phi) is 5.10. The quantitative estimate of drug-likeness (QED) is 0.917. The van der Waals surface area contributed by atoms with Gasteiger partial charge in [0, 0.05) is 44.3 Å². The molecule has 1 saturated heterocycles. The molecule has 0 amide bonds. The highest BCUT2D eigenvalue weighted by Gasteiger charge is 2.25. The van der Waals surface area contributed by atoms with Gasteiger partial charge in [-0.25, -0.2) is 4.98 Å². The van der Waals surface area contributed by atoms with Gasteiger partial charge in [-0.2, -0.15) is 0 Å². The third kappa shape index (κ3) is 4.19. The topological polar surface area (TPSA) is 52.7 Å². The van der Waals surface area contributed by atoms with E-state index < -0.39 is 0 Å². The monoisotopic (exact) mass is 315 g/mol. The minimum Gasteiger partial charge on any atom is -0.444 e. The number of rotatable bonds is 5. The Morgan fingerprint density at radius 3 is 2.78 bits per heavy atom. The van der Waals surface area contributed by atoms with Crippen molar-refractivity contribution in [2.45, 2.75) is 32.5 Å². The zero-order valence-corrected chi connectivity index (χ0v) is 13.9. The predicted molar refractivity (Wildman–Crippen MR) is 89.9 cm³/mol. The van der Waals surface area contributed by atoms with Gasteiger partial charge in [-0.1, -0.05) is 18.2 Å². The number of aliphatic hydroxyl groups is 1. The highest BCUT2D eigenvalue weighted by Crippen LogP contribution is 2.19.